The number of hydrogen-bond donors (Lipinski definition) is 1. The average molecular weight is 621 g/mol. The summed E-state index contributed by atoms with van der Waals surface area (Å²) in [6.45, 7) is 8.79. The highest BCUT2D eigenvalue weighted by Gasteiger charge is 2.33. The van der Waals surface area contributed by atoms with E-state index in [1.54, 1.807) is 0 Å². The number of anilines is 3. The molecule has 0 amide bonds. The Balaban J connectivity index is 1.31. The van der Waals surface area contributed by atoms with Gasteiger partial charge in [0.25, 0.3) is 5.70 Å². The highest BCUT2D eigenvalue weighted by atomic mass is 32.1. The van der Waals surface area contributed by atoms with E-state index in [0.717, 1.165) is 37.3 Å². The van der Waals surface area contributed by atoms with E-state index in [1.807, 2.05) is 36.4 Å². The smallest absolute Gasteiger partial charge is 0.333 e. The molecule has 0 spiro atoms. The molecule has 5 aromatic rings. The number of carboxylic acids is 1. The molecule has 0 bridgehead atoms. The zero-order chi connectivity index (χ0) is 30.0. The fourth-order valence-electron chi connectivity index (χ4n) is 5.14. The van der Waals surface area contributed by atoms with Crippen LogP contribution in [-0.4, -0.2) is 37.5 Å². The molecule has 0 saturated heterocycles. The summed E-state index contributed by atoms with van der Waals surface area (Å²) in [6.07, 6.45) is 1.33. The van der Waals surface area contributed by atoms with Crippen LogP contribution >= 0.6 is 22.7 Å². The highest BCUT2D eigenvalue weighted by molar-refractivity contribution is 7.25. The number of ether oxygens (including phenoxy) is 4. The molecule has 218 valence electrons. The summed E-state index contributed by atoms with van der Waals surface area (Å²) < 4.78 is 24.3. The topological polar surface area (TPSA) is 81.8 Å². The number of fused-ring (bicyclic) bond motifs is 2. The van der Waals surface area contributed by atoms with Crippen molar-refractivity contribution in [1.82, 2.24) is 0 Å². The minimum Gasteiger partial charge on any atom is -0.486 e. The van der Waals surface area contributed by atoms with Gasteiger partial charge in [0.15, 0.2) is 23.0 Å². The summed E-state index contributed by atoms with van der Waals surface area (Å²) in [5, 5.41) is 9.45. The summed E-state index contributed by atoms with van der Waals surface area (Å²) in [5.41, 5.74) is 3.69. The number of thiophene rings is 2. The zero-order valence-electron chi connectivity index (χ0n) is 23.2. The summed E-state index contributed by atoms with van der Waals surface area (Å²) in [5.74, 6) is 0.937. The second kappa shape index (κ2) is 11.8. The van der Waals surface area contributed by atoms with Gasteiger partial charge in [-0.05, 0) is 48.0 Å². The molecule has 0 unspecified atom stereocenters. The van der Waals surface area contributed by atoms with E-state index in [9.17, 15) is 9.90 Å². The van der Waals surface area contributed by atoms with E-state index in [-0.39, 0.29) is 0 Å². The summed E-state index contributed by atoms with van der Waals surface area (Å²) in [4.78, 5) is 19.9. The van der Waals surface area contributed by atoms with Gasteiger partial charge in [0.1, 0.15) is 26.4 Å². The summed E-state index contributed by atoms with van der Waals surface area (Å²) in [6, 6.07) is 28.8. The summed E-state index contributed by atoms with van der Waals surface area (Å²) in [7, 11) is 0. The number of nitrogens with zero attached hydrogens (tertiary/aromatic N) is 2. The van der Waals surface area contributed by atoms with Crippen LogP contribution in [-0.2, 0) is 4.79 Å². The Morgan fingerprint density at radius 1 is 0.682 bits per heavy atom. The highest BCUT2D eigenvalue weighted by Crippen LogP contribution is 2.60. The van der Waals surface area contributed by atoms with Gasteiger partial charge in [-0.25, -0.2) is 4.85 Å². The first-order valence-corrected chi connectivity index (χ1v) is 15.4. The molecule has 0 fully saturated rings. The molecule has 4 heterocycles. The fraction of sp³-hybridized carbons (Fsp3) is 0.118. The number of benzene rings is 3. The molecular formula is C34H24N2O6S2. The quantitative estimate of drug-likeness (QED) is 0.144. The van der Waals surface area contributed by atoms with Gasteiger partial charge in [0.2, 0.25) is 0 Å². The molecule has 0 saturated carbocycles. The number of rotatable bonds is 7. The lowest BCUT2D eigenvalue weighted by atomic mass is 10.1. The maximum atomic E-state index is 11.6. The molecule has 3 aromatic carbocycles. The lowest BCUT2D eigenvalue weighted by Crippen LogP contribution is -2.15. The third-order valence-electron chi connectivity index (χ3n) is 7.05. The minimum absolute atomic E-state index is 0.327. The van der Waals surface area contributed by atoms with E-state index in [4.69, 9.17) is 25.5 Å². The van der Waals surface area contributed by atoms with Crippen LogP contribution in [0.25, 0.3) is 31.1 Å². The van der Waals surface area contributed by atoms with Crippen molar-refractivity contribution in [3.8, 4) is 43.2 Å². The van der Waals surface area contributed by atoms with E-state index in [1.165, 1.54) is 28.7 Å². The van der Waals surface area contributed by atoms with Gasteiger partial charge in [-0.2, -0.15) is 0 Å². The first-order chi connectivity index (χ1) is 21.6. The first kappa shape index (κ1) is 27.6. The Hall–Kier alpha value is -5.24. The maximum Gasteiger partial charge on any atom is 0.333 e. The van der Waals surface area contributed by atoms with Gasteiger partial charge in [-0.1, -0.05) is 48.5 Å². The number of carboxylic acid groups (broad SMARTS) is 1. The average Bonchev–Trinajstić information content (AvgIpc) is 3.63. The standard InChI is InChI=1S/C34H24N2O6S2/c1-35-25(34(37)38)20-26-27-28(40-17-16-39-27)32(43-26)33-30-29(41-18-19-42-30)31(44-33)21-12-14-24(15-13-21)36(22-8-4-2-5-9-22)23-10-6-3-7-11-23/h2-15,20H,16-19H2,(H,37,38)/b25-20-. The maximum absolute atomic E-state index is 11.6. The van der Waals surface area contributed by atoms with Crippen LogP contribution < -0.4 is 23.8 Å². The van der Waals surface area contributed by atoms with E-state index in [0.29, 0.717) is 54.3 Å². The molecule has 10 heteroatoms. The minimum atomic E-state index is -1.30. The third kappa shape index (κ3) is 5.02. The Morgan fingerprint density at radius 2 is 1.16 bits per heavy atom. The van der Waals surface area contributed by atoms with Crippen molar-refractivity contribution in [2.24, 2.45) is 0 Å². The van der Waals surface area contributed by atoms with Crippen molar-refractivity contribution in [2.45, 2.75) is 0 Å². The predicted octanol–water partition coefficient (Wildman–Crippen LogP) is 8.50. The van der Waals surface area contributed by atoms with Crippen LogP contribution in [0.4, 0.5) is 17.1 Å². The van der Waals surface area contributed by atoms with Crippen molar-refractivity contribution in [3.63, 3.8) is 0 Å². The number of aliphatic carboxylic acids is 1. The van der Waals surface area contributed by atoms with Gasteiger partial charge in [-0.15, -0.1) is 22.7 Å². The van der Waals surface area contributed by atoms with Crippen molar-refractivity contribution in [2.75, 3.05) is 31.3 Å². The molecular weight excluding hydrogens is 597 g/mol. The van der Waals surface area contributed by atoms with E-state index in [2.05, 4.69) is 58.3 Å². The molecule has 2 aliphatic heterocycles. The van der Waals surface area contributed by atoms with Crippen LogP contribution in [0, 0.1) is 6.57 Å². The van der Waals surface area contributed by atoms with Crippen LogP contribution in [0.1, 0.15) is 4.88 Å². The number of carbonyl (C=O) groups is 1. The SMILES string of the molecule is [C-]#[N+]/C(=C\c1sc(-c2sc(-c3ccc(N(c4ccccc4)c4ccccc4)cc3)c3c2OCCO3)c2c1OCCO2)C(=O)O. The zero-order valence-corrected chi connectivity index (χ0v) is 24.8. The van der Waals surface area contributed by atoms with Gasteiger partial charge < -0.3 is 29.0 Å². The van der Waals surface area contributed by atoms with Crippen LogP contribution in [0.2, 0.25) is 0 Å². The molecule has 8 nitrogen and oxygen atoms in total. The second-order valence-electron chi connectivity index (χ2n) is 9.77. The fourth-order valence-corrected chi connectivity index (χ4v) is 7.58. The van der Waals surface area contributed by atoms with Crippen LogP contribution in [0.3, 0.4) is 0 Å². The van der Waals surface area contributed by atoms with Gasteiger partial charge in [0.05, 0.1) is 26.1 Å². The monoisotopic (exact) mass is 620 g/mol. The van der Waals surface area contributed by atoms with Crippen molar-refractivity contribution in [1.29, 1.82) is 0 Å². The van der Waals surface area contributed by atoms with Crippen molar-refractivity contribution < 1.29 is 28.8 Å². The number of hydrogen-bond acceptors (Lipinski definition) is 8. The lowest BCUT2D eigenvalue weighted by Gasteiger charge is -2.25. The molecule has 1 N–H and O–H groups in total. The Kier molecular flexibility index (Phi) is 7.40. The Bertz CT molecular complexity index is 1870. The number of para-hydroxylation sites is 2. The van der Waals surface area contributed by atoms with E-state index < -0.39 is 11.7 Å². The lowest BCUT2D eigenvalue weighted by molar-refractivity contribution is -0.132. The second-order valence-corrected chi connectivity index (χ2v) is 11.8. The third-order valence-corrected chi connectivity index (χ3v) is 9.52. The van der Waals surface area contributed by atoms with Crippen molar-refractivity contribution in [3.05, 3.63) is 107 Å². The van der Waals surface area contributed by atoms with Gasteiger partial charge in [0, 0.05) is 17.1 Å². The Labute approximate surface area is 261 Å². The normalized spacial score (nSPS) is 13.7. The molecule has 44 heavy (non-hydrogen) atoms. The van der Waals surface area contributed by atoms with Crippen molar-refractivity contribution >= 4 is 51.8 Å². The predicted molar refractivity (Wildman–Crippen MR) is 172 cm³/mol. The molecule has 2 aromatic heterocycles. The molecule has 7 rings (SSSR count). The molecule has 0 aliphatic carbocycles. The van der Waals surface area contributed by atoms with E-state index >= 15 is 0 Å². The van der Waals surface area contributed by atoms with Gasteiger partial charge >= 0.3 is 5.97 Å². The van der Waals surface area contributed by atoms with Gasteiger partial charge in [-0.3, -0.25) is 4.79 Å². The molecule has 0 atom stereocenters. The largest absolute Gasteiger partial charge is 0.486 e. The molecule has 2 aliphatic rings. The Morgan fingerprint density at radius 3 is 1.70 bits per heavy atom. The summed E-state index contributed by atoms with van der Waals surface area (Å²) >= 11 is 2.83. The first-order valence-electron chi connectivity index (χ1n) is 13.8. The van der Waals surface area contributed by atoms with Crippen LogP contribution in [0.5, 0.6) is 23.0 Å². The van der Waals surface area contributed by atoms with Crippen LogP contribution in [0.15, 0.2) is 90.6 Å². The molecule has 0 radical (unpaired) electrons.